The maximum Gasteiger partial charge on any atom is 0.255 e. The van der Waals surface area contributed by atoms with Crippen molar-refractivity contribution in [1.82, 2.24) is 10.3 Å². The lowest BCUT2D eigenvalue weighted by atomic mass is 9.96. The maximum atomic E-state index is 12.5. The molecule has 5 heteroatoms. The standard InChI is InChI=1S/C20H24N2O3/c23-14-15(12-16-6-3-4-11-21-16)13-22-20(24)18-9-1-2-10-19(18)25-17-7-5-8-17/h1-4,6,9-11,15,17,23H,5,7-8,12-14H2,(H,22,24). The van der Waals surface area contributed by atoms with E-state index in [0.29, 0.717) is 24.3 Å². The topological polar surface area (TPSA) is 71.5 Å². The van der Waals surface area contributed by atoms with Crippen molar-refractivity contribution in [2.24, 2.45) is 5.92 Å². The molecule has 1 fully saturated rings. The molecular formula is C20H24N2O3. The number of aliphatic hydroxyl groups excluding tert-OH is 1. The first kappa shape index (κ1) is 17.4. The number of para-hydroxylation sites is 1. The third kappa shape index (κ3) is 4.79. The number of pyridine rings is 1. The minimum Gasteiger partial charge on any atom is -0.490 e. The summed E-state index contributed by atoms with van der Waals surface area (Å²) in [5, 5.41) is 12.5. The SMILES string of the molecule is O=C(NCC(CO)Cc1ccccn1)c1ccccc1OC1CCC1. The second-order valence-corrected chi connectivity index (χ2v) is 6.45. The highest BCUT2D eigenvalue weighted by Gasteiger charge is 2.22. The normalized spacial score (nSPS) is 15.2. The largest absolute Gasteiger partial charge is 0.490 e. The molecule has 3 rings (SSSR count). The van der Waals surface area contributed by atoms with Crippen LogP contribution in [-0.2, 0) is 6.42 Å². The molecule has 2 N–H and O–H groups in total. The number of carbonyl (C=O) groups is 1. The van der Waals surface area contributed by atoms with Gasteiger partial charge in [0, 0.05) is 31.0 Å². The molecule has 1 aromatic heterocycles. The average molecular weight is 340 g/mol. The van der Waals surface area contributed by atoms with Crippen LogP contribution in [0, 0.1) is 5.92 Å². The van der Waals surface area contributed by atoms with Crippen LogP contribution in [0.4, 0.5) is 0 Å². The van der Waals surface area contributed by atoms with E-state index >= 15 is 0 Å². The summed E-state index contributed by atoms with van der Waals surface area (Å²) in [5.74, 6) is 0.392. The fourth-order valence-corrected chi connectivity index (χ4v) is 2.77. The Bertz CT molecular complexity index is 686. The molecule has 1 heterocycles. The van der Waals surface area contributed by atoms with Gasteiger partial charge in [0.25, 0.3) is 5.91 Å². The average Bonchev–Trinajstić information content (AvgIpc) is 2.62. The molecule has 132 valence electrons. The lowest BCUT2D eigenvalue weighted by Gasteiger charge is -2.27. The zero-order chi connectivity index (χ0) is 17.5. The van der Waals surface area contributed by atoms with Gasteiger partial charge in [-0.1, -0.05) is 18.2 Å². The summed E-state index contributed by atoms with van der Waals surface area (Å²) < 4.78 is 5.91. The van der Waals surface area contributed by atoms with Gasteiger partial charge >= 0.3 is 0 Å². The number of aliphatic hydroxyl groups is 1. The van der Waals surface area contributed by atoms with Crippen LogP contribution in [0.15, 0.2) is 48.7 Å². The molecule has 2 aromatic rings. The molecule has 1 unspecified atom stereocenters. The monoisotopic (exact) mass is 340 g/mol. The van der Waals surface area contributed by atoms with Gasteiger partial charge in [0.2, 0.25) is 0 Å². The number of aromatic nitrogens is 1. The summed E-state index contributed by atoms with van der Waals surface area (Å²) in [7, 11) is 0. The summed E-state index contributed by atoms with van der Waals surface area (Å²) in [6.07, 6.45) is 5.86. The molecule has 0 bridgehead atoms. The number of benzene rings is 1. The highest BCUT2D eigenvalue weighted by atomic mass is 16.5. The van der Waals surface area contributed by atoms with Crippen molar-refractivity contribution in [2.75, 3.05) is 13.2 Å². The van der Waals surface area contributed by atoms with Crippen LogP contribution in [0.25, 0.3) is 0 Å². The Hall–Kier alpha value is -2.40. The fraction of sp³-hybridized carbons (Fsp3) is 0.400. The summed E-state index contributed by atoms with van der Waals surface area (Å²) in [5.41, 5.74) is 1.45. The van der Waals surface area contributed by atoms with Crippen molar-refractivity contribution in [3.8, 4) is 5.75 Å². The predicted octanol–water partition coefficient (Wildman–Crippen LogP) is 2.59. The fourth-order valence-electron chi connectivity index (χ4n) is 2.77. The molecule has 0 radical (unpaired) electrons. The van der Waals surface area contributed by atoms with E-state index in [0.717, 1.165) is 18.5 Å². The molecule has 1 saturated carbocycles. The van der Waals surface area contributed by atoms with Crippen molar-refractivity contribution in [3.05, 3.63) is 59.9 Å². The Morgan fingerprint density at radius 1 is 1.24 bits per heavy atom. The van der Waals surface area contributed by atoms with Crippen molar-refractivity contribution < 1.29 is 14.6 Å². The Kier molecular flexibility index (Phi) is 6.01. The van der Waals surface area contributed by atoms with Crippen molar-refractivity contribution in [1.29, 1.82) is 0 Å². The number of hydrogen-bond donors (Lipinski definition) is 2. The summed E-state index contributed by atoms with van der Waals surface area (Å²) >= 11 is 0. The third-order valence-electron chi connectivity index (χ3n) is 4.51. The molecule has 0 saturated heterocycles. The highest BCUT2D eigenvalue weighted by molar-refractivity contribution is 5.96. The van der Waals surface area contributed by atoms with E-state index in [-0.39, 0.29) is 24.5 Å². The lowest BCUT2D eigenvalue weighted by Crippen LogP contribution is -2.33. The number of carbonyl (C=O) groups excluding carboxylic acids is 1. The highest BCUT2D eigenvalue weighted by Crippen LogP contribution is 2.27. The van der Waals surface area contributed by atoms with Gasteiger partial charge in [-0.15, -0.1) is 0 Å². The first-order valence-electron chi connectivity index (χ1n) is 8.81. The predicted molar refractivity (Wildman–Crippen MR) is 95.6 cm³/mol. The van der Waals surface area contributed by atoms with Gasteiger partial charge in [0.1, 0.15) is 5.75 Å². The van der Waals surface area contributed by atoms with E-state index in [1.165, 1.54) is 6.42 Å². The molecule has 0 aliphatic heterocycles. The smallest absolute Gasteiger partial charge is 0.255 e. The molecule has 1 aliphatic rings. The molecule has 1 atom stereocenters. The molecule has 1 aliphatic carbocycles. The van der Waals surface area contributed by atoms with Gasteiger partial charge in [-0.3, -0.25) is 9.78 Å². The van der Waals surface area contributed by atoms with Gasteiger partial charge < -0.3 is 15.2 Å². The molecule has 0 spiro atoms. The van der Waals surface area contributed by atoms with Crippen LogP contribution < -0.4 is 10.1 Å². The molecule has 25 heavy (non-hydrogen) atoms. The van der Waals surface area contributed by atoms with E-state index in [1.54, 1.807) is 12.3 Å². The molecule has 5 nitrogen and oxygen atoms in total. The number of nitrogens with zero attached hydrogens (tertiary/aromatic N) is 1. The van der Waals surface area contributed by atoms with Gasteiger partial charge in [0.15, 0.2) is 0 Å². The van der Waals surface area contributed by atoms with Crippen LogP contribution in [0.3, 0.4) is 0 Å². The number of nitrogens with one attached hydrogen (secondary N) is 1. The van der Waals surface area contributed by atoms with E-state index in [4.69, 9.17) is 4.74 Å². The zero-order valence-corrected chi connectivity index (χ0v) is 14.2. The van der Waals surface area contributed by atoms with Gasteiger partial charge in [0.05, 0.1) is 11.7 Å². The van der Waals surface area contributed by atoms with Gasteiger partial charge in [-0.05, 0) is 49.9 Å². The van der Waals surface area contributed by atoms with Crippen LogP contribution in [-0.4, -0.2) is 35.3 Å². The Balaban J connectivity index is 1.58. The number of rotatable bonds is 8. The summed E-state index contributed by atoms with van der Waals surface area (Å²) in [6.45, 7) is 0.390. The summed E-state index contributed by atoms with van der Waals surface area (Å²) in [4.78, 5) is 16.8. The molecular weight excluding hydrogens is 316 g/mol. The molecule has 1 aromatic carbocycles. The van der Waals surface area contributed by atoms with Crippen molar-refractivity contribution in [2.45, 2.75) is 31.8 Å². The van der Waals surface area contributed by atoms with Crippen molar-refractivity contribution >= 4 is 5.91 Å². The number of ether oxygens (including phenoxy) is 1. The van der Waals surface area contributed by atoms with E-state index in [2.05, 4.69) is 10.3 Å². The van der Waals surface area contributed by atoms with Crippen molar-refractivity contribution in [3.63, 3.8) is 0 Å². The molecule has 1 amide bonds. The number of hydrogen-bond acceptors (Lipinski definition) is 4. The second-order valence-electron chi connectivity index (χ2n) is 6.45. The lowest BCUT2D eigenvalue weighted by molar-refractivity contribution is 0.0915. The zero-order valence-electron chi connectivity index (χ0n) is 14.2. The van der Waals surface area contributed by atoms with Crippen LogP contribution in [0.1, 0.15) is 35.3 Å². The summed E-state index contributed by atoms with van der Waals surface area (Å²) in [6, 6.07) is 13.0. The Morgan fingerprint density at radius 2 is 2.04 bits per heavy atom. The van der Waals surface area contributed by atoms with Gasteiger partial charge in [-0.25, -0.2) is 0 Å². The third-order valence-corrected chi connectivity index (χ3v) is 4.51. The maximum absolute atomic E-state index is 12.5. The minimum atomic E-state index is -0.172. The van der Waals surface area contributed by atoms with E-state index < -0.39 is 0 Å². The first-order valence-corrected chi connectivity index (χ1v) is 8.81. The van der Waals surface area contributed by atoms with Crippen LogP contribution in [0.5, 0.6) is 5.75 Å². The Labute approximate surface area is 148 Å². The van der Waals surface area contributed by atoms with Crippen LogP contribution >= 0.6 is 0 Å². The number of amides is 1. The van der Waals surface area contributed by atoms with E-state index in [9.17, 15) is 9.90 Å². The Morgan fingerprint density at radius 3 is 2.72 bits per heavy atom. The first-order chi connectivity index (χ1) is 12.3. The van der Waals surface area contributed by atoms with Gasteiger partial charge in [-0.2, -0.15) is 0 Å². The van der Waals surface area contributed by atoms with Crippen LogP contribution in [0.2, 0.25) is 0 Å². The second kappa shape index (κ2) is 8.62. The quantitative estimate of drug-likeness (QED) is 0.775. The van der Waals surface area contributed by atoms with E-state index in [1.807, 2.05) is 36.4 Å². The minimum absolute atomic E-state index is 0.00290.